The highest BCUT2D eigenvalue weighted by molar-refractivity contribution is 9.10. The Bertz CT molecular complexity index is 380. The zero-order chi connectivity index (χ0) is 11.7. The molecule has 1 heterocycles. The van der Waals surface area contributed by atoms with Crippen LogP contribution in [0.25, 0.3) is 0 Å². The number of benzene rings is 1. The molecular weight excluding hydrogens is 286 g/mol. The molecule has 1 fully saturated rings. The van der Waals surface area contributed by atoms with Gasteiger partial charge in [0.25, 0.3) is 0 Å². The molecular formula is C13H17BrClN. The summed E-state index contributed by atoms with van der Waals surface area (Å²) in [5.74, 6) is 0.809. The fourth-order valence-corrected chi connectivity index (χ4v) is 3.21. The first-order valence-corrected chi connectivity index (χ1v) is 6.91. The van der Waals surface area contributed by atoms with E-state index < -0.39 is 0 Å². The average Bonchev–Trinajstić information content (AvgIpc) is 2.50. The summed E-state index contributed by atoms with van der Waals surface area (Å²) in [6.45, 7) is 6.78. The Balaban J connectivity index is 2.09. The molecule has 1 aliphatic rings. The molecule has 3 heteroatoms. The maximum atomic E-state index is 6.24. The van der Waals surface area contributed by atoms with Crippen LogP contribution in [0.15, 0.2) is 22.7 Å². The third-order valence-corrected chi connectivity index (χ3v) is 4.15. The summed E-state index contributed by atoms with van der Waals surface area (Å²) in [6.07, 6.45) is 1.30. The van der Waals surface area contributed by atoms with Crippen molar-refractivity contribution in [1.29, 1.82) is 0 Å². The molecule has 2 unspecified atom stereocenters. The van der Waals surface area contributed by atoms with Crippen LogP contribution in [0.1, 0.15) is 25.8 Å². The summed E-state index contributed by atoms with van der Waals surface area (Å²) in [6, 6.07) is 6.82. The molecule has 1 saturated heterocycles. The number of halogens is 2. The van der Waals surface area contributed by atoms with Gasteiger partial charge in [0.2, 0.25) is 0 Å². The Kier molecular flexibility index (Phi) is 3.93. The van der Waals surface area contributed by atoms with Crippen molar-refractivity contribution in [3.8, 4) is 0 Å². The van der Waals surface area contributed by atoms with Gasteiger partial charge in [-0.05, 0) is 37.0 Å². The second kappa shape index (κ2) is 5.07. The van der Waals surface area contributed by atoms with E-state index in [0.717, 1.165) is 22.0 Å². The van der Waals surface area contributed by atoms with Crippen LogP contribution >= 0.6 is 27.5 Å². The van der Waals surface area contributed by atoms with E-state index in [0.29, 0.717) is 6.04 Å². The average molecular weight is 303 g/mol. The largest absolute Gasteiger partial charge is 0.296 e. The van der Waals surface area contributed by atoms with Crippen LogP contribution in [0.5, 0.6) is 0 Å². The van der Waals surface area contributed by atoms with Gasteiger partial charge < -0.3 is 0 Å². The maximum absolute atomic E-state index is 6.24. The van der Waals surface area contributed by atoms with Crippen LogP contribution in [-0.2, 0) is 6.54 Å². The van der Waals surface area contributed by atoms with Crippen molar-refractivity contribution in [1.82, 2.24) is 4.90 Å². The lowest BCUT2D eigenvalue weighted by molar-refractivity contribution is 0.256. The quantitative estimate of drug-likeness (QED) is 0.786. The number of likely N-dealkylation sites (tertiary alicyclic amines) is 1. The maximum Gasteiger partial charge on any atom is 0.0462 e. The minimum atomic E-state index is 0.676. The lowest BCUT2D eigenvalue weighted by atomic mass is 10.1. The van der Waals surface area contributed by atoms with Crippen LogP contribution in [0.4, 0.5) is 0 Å². The Labute approximate surface area is 111 Å². The molecule has 0 saturated carbocycles. The van der Waals surface area contributed by atoms with Crippen LogP contribution in [0.2, 0.25) is 5.02 Å². The number of hydrogen-bond acceptors (Lipinski definition) is 1. The summed E-state index contributed by atoms with van der Waals surface area (Å²) in [5, 5.41) is 0.862. The fourth-order valence-electron chi connectivity index (χ4n) is 2.48. The molecule has 1 aliphatic heterocycles. The minimum Gasteiger partial charge on any atom is -0.296 e. The highest BCUT2D eigenvalue weighted by Crippen LogP contribution is 2.28. The summed E-state index contributed by atoms with van der Waals surface area (Å²) < 4.78 is 1.05. The lowest BCUT2D eigenvalue weighted by Crippen LogP contribution is -2.26. The summed E-state index contributed by atoms with van der Waals surface area (Å²) >= 11 is 9.67. The minimum absolute atomic E-state index is 0.676. The molecule has 88 valence electrons. The molecule has 0 N–H and O–H groups in total. The molecule has 0 aromatic heterocycles. The Hall–Kier alpha value is -0.0500. The molecule has 1 nitrogen and oxygen atoms in total. The zero-order valence-electron chi connectivity index (χ0n) is 9.71. The first-order chi connectivity index (χ1) is 7.56. The van der Waals surface area contributed by atoms with Gasteiger partial charge in [-0.15, -0.1) is 0 Å². The smallest absolute Gasteiger partial charge is 0.0462 e. The predicted octanol–water partition coefficient (Wildman–Crippen LogP) is 4.33. The van der Waals surface area contributed by atoms with Crippen molar-refractivity contribution in [2.75, 3.05) is 6.54 Å². The van der Waals surface area contributed by atoms with E-state index in [1.807, 2.05) is 6.07 Å². The van der Waals surface area contributed by atoms with Gasteiger partial charge in [0.15, 0.2) is 0 Å². The highest BCUT2D eigenvalue weighted by atomic mass is 79.9. The molecule has 0 spiro atoms. The van der Waals surface area contributed by atoms with Crippen molar-refractivity contribution < 1.29 is 0 Å². The molecule has 1 aromatic rings. The fraction of sp³-hybridized carbons (Fsp3) is 0.538. The molecule has 1 aromatic carbocycles. The van der Waals surface area contributed by atoms with Gasteiger partial charge in [-0.2, -0.15) is 0 Å². The standard InChI is InChI=1S/C13H17BrClN/c1-9-5-10(2)16(7-9)8-11-3-4-12(14)6-13(11)15/h3-4,6,9-10H,5,7-8H2,1-2H3. The van der Waals surface area contributed by atoms with Gasteiger partial charge in [0.1, 0.15) is 0 Å². The second-order valence-electron chi connectivity index (χ2n) is 4.86. The molecule has 16 heavy (non-hydrogen) atoms. The number of nitrogens with zero attached hydrogens (tertiary/aromatic N) is 1. The predicted molar refractivity (Wildman–Crippen MR) is 72.8 cm³/mol. The third-order valence-electron chi connectivity index (χ3n) is 3.30. The van der Waals surface area contributed by atoms with E-state index in [4.69, 9.17) is 11.6 Å². The van der Waals surface area contributed by atoms with Gasteiger partial charge >= 0.3 is 0 Å². The summed E-state index contributed by atoms with van der Waals surface area (Å²) in [4.78, 5) is 2.51. The summed E-state index contributed by atoms with van der Waals surface area (Å²) in [7, 11) is 0. The van der Waals surface area contributed by atoms with Gasteiger partial charge in [-0.3, -0.25) is 4.90 Å². The Morgan fingerprint density at radius 3 is 2.75 bits per heavy atom. The van der Waals surface area contributed by atoms with E-state index in [1.165, 1.54) is 18.5 Å². The molecule has 2 rings (SSSR count). The van der Waals surface area contributed by atoms with Gasteiger partial charge in [0, 0.05) is 28.6 Å². The van der Waals surface area contributed by atoms with Crippen molar-refractivity contribution in [3.05, 3.63) is 33.3 Å². The molecule has 0 radical (unpaired) electrons. The van der Waals surface area contributed by atoms with E-state index in [9.17, 15) is 0 Å². The first kappa shape index (κ1) is 12.4. The second-order valence-corrected chi connectivity index (χ2v) is 6.18. The van der Waals surface area contributed by atoms with E-state index in [2.05, 4.69) is 46.8 Å². The van der Waals surface area contributed by atoms with E-state index in [-0.39, 0.29) is 0 Å². The van der Waals surface area contributed by atoms with Gasteiger partial charge in [0.05, 0.1) is 0 Å². The van der Waals surface area contributed by atoms with Crippen molar-refractivity contribution in [2.45, 2.75) is 32.9 Å². The summed E-state index contributed by atoms with van der Waals surface area (Å²) in [5.41, 5.74) is 1.23. The number of rotatable bonds is 2. The SMILES string of the molecule is CC1CC(C)N(Cc2ccc(Br)cc2Cl)C1. The number of hydrogen-bond donors (Lipinski definition) is 0. The highest BCUT2D eigenvalue weighted by Gasteiger charge is 2.26. The van der Waals surface area contributed by atoms with Gasteiger partial charge in [-0.1, -0.05) is 40.5 Å². The third kappa shape index (κ3) is 2.79. The van der Waals surface area contributed by atoms with Crippen LogP contribution in [0, 0.1) is 5.92 Å². The molecule has 0 amide bonds. The topological polar surface area (TPSA) is 3.24 Å². The van der Waals surface area contributed by atoms with Crippen molar-refractivity contribution >= 4 is 27.5 Å². The zero-order valence-corrected chi connectivity index (χ0v) is 12.1. The van der Waals surface area contributed by atoms with E-state index >= 15 is 0 Å². The molecule has 0 aliphatic carbocycles. The monoisotopic (exact) mass is 301 g/mol. The van der Waals surface area contributed by atoms with Gasteiger partial charge in [-0.25, -0.2) is 0 Å². The van der Waals surface area contributed by atoms with Crippen LogP contribution in [-0.4, -0.2) is 17.5 Å². The Morgan fingerprint density at radius 2 is 2.19 bits per heavy atom. The lowest BCUT2D eigenvalue weighted by Gasteiger charge is -2.21. The van der Waals surface area contributed by atoms with Crippen molar-refractivity contribution in [2.24, 2.45) is 5.92 Å². The normalized spacial score (nSPS) is 26.2. The first-order valence-electron chi connectivity index (χ1n) is 5.74. The van der Waals surface area contributed by atoms with E-state index in [1.54, 1.807) is 0 Å². The Morgan fingerprint density at radius 1 is 1.44 bits per heavy atom. The van der Waals surface area contributed by atoms with Crippen LogP contribution in [0.3, 0.4) is 0 Å². The van der Waals surface area contributed by atoms with Crippen molar-refractivity contribution in [3.63, 3.8) is 0 Å². The van der Waals surface area contributed by atoms with Crippen LogP contribution < -0.4 is 0 Å². The molecule has 2 atom stereocenters. The molecule has 0 bridgehead atoms.